The van der Waals surface area contributed by atoms with Gasteiger partial charge < -0.3 is 15.3 Å². The normalized spacial score (nSPS) is 10.6. The number of nitrogens with one attached hydrogen (secondary N) is 3. The summed E-state index contributed by atoms with van der Waals surface area (Å²) in [5, 5.41) is 3.68. The van der Waals surface area contributed by atoms with Gasteiger partial charge in [0.1, 0.15) is 0 Å². The van der Waals surface area contributed by atoms with Crippen LogP contribution in [0.25, 0.3) is 10.9 Å². The quantitative estimate of drug-likeness (QED) is 0.675. The molecule has 3 aromatic rings. The first-order valence-corrected chi connectivity index (χ1v) is 7.21. The summed E-state index contributed by atoms with van der Waals surface area (Å²) in [4.78, 5) is 40.2. The van der Waals surface area contributed by atoms with E-state index in [0.717, 1.165) is 10.9 Å². The van der Waals surface area contributed by atoms with Gasteiger partial charge in [-0.3, -0.25) is 14.4 Å². The van der Waals surface area contributed by atoms with E-state index in [0.29, 0.717) is 24.1 Å². The molecule has 0 atom stereocenters. The van der Waals surface area contributed by atoms with Crippen LogP contribution in [0.3, 0.4) is 0 Å². The van der Waals surface area contributed by atoms with Crippen molar-refractivity contribution in [1.82, 2.24) is 15.3 Å². The van der Waals surface area contributed by atoms with Crippen LogP contribution in [-0.4, -0.2) is 22.4 Å². The maximum atomic E-state index is 12.0. The van der Waals surface area contributed by atoms with Crippen LogP contribution in [0.15, 0.2) is 58.3 Å². The average molecular weight is 309 g/mol. The number of hydrogen-bond acceptors (Lipinski definition) is 3. The number of para-hydroxylation sites is 1. The largest absolute Gasteiger partial charge is 0.352 e. The summed E-state index contributed by atoms with van der Waals surface area (Å²) in [7, 11) is 0. The molecule has 0 bridgehead atoms. The molecule has 6 nitrogen and oxygen atoms in total. The van der Waals surface area contributed by atoms with Crippen LogP contribution in [0.5, 0.6) is 0 Å². The van der Waals surface area contributed by atoms with Gasteiger partial charge in [-0.25, -0.2) is 0 Å². The maximum Gasteiger partial charge on any atom is 0.252 e. The number of aromatic nitrogens is 2. The van der Waals surface area contributed by atoms with Crippen LogP contribution in [0, 0.1) is 0 Å². The Labute approximate surface area is 131 Å². The number of hydrogen-bond donors (Lipinski definition) is 3. The number of amides is 1. The second-order valence-electron chi connectivity index (χ2n) is 5.16. The van der Waals surface area contributed by atoms with Gasteiger partial charge in [-0.05, 0) is 30.0 Å². The molecule has 0 aliphatic carbocycles. The molecular weight excluding hydrogens is 294 g/mol. The number of carbonyl (C=O) groups is 1. The van der Waals surface area contributed by atoms with E-state index < -0.39 is 0 Å². The molecule has 1 aromatic carbocycles. The minimum absolute atomic E-state index is 0.151. The number of pyridine rings is 2. The Morgan fingerprint density at radius 1 is 1.09 bits per heavy atom. The highest BCUT2D eigenvalue weighted by molar-refractivity contribution is 5.93. The van der Waals surface area contributed by atoms with Gasteiger partial charge in [-0.15, -0.1) is 0 Å². The van der Waals surface area contributed by atoms with E-state index in [2.05, 4.69) is 15.3 Å². The number of aromatic amines is 2. The van der Waals surface area contributed by atoms with E-state index in [-0.39, 0.29) is 17.0 Å². The number of carbonyl (C=O) groups excluding carboxylic acids is 1. The van der Waals surface area contributed by atoms with Crippen molar-refractivity contribution in [2.75, 3.05) is 6.54 Å². The van der Waals surface area contributed by atoms with Crippen molar-refractivity contribution >= 4 is 16.8 Å². The van der Waals surface area contributed by atoms with Crippen LogP contribution >= 0.6 is 0 Å². The fraction of sp³-hybridized carbons (Fsp3) is 0.118. The van der Waals surface area contributed by atoms with Crippen molar-refractivity contribution in [3.05, 3.63) is 80.5 Å². The first kappa shape index (κ1) is 14.8. The highest BCUT2D eigenvalue weighted by atomic mass is 16.2. The van der Waals surface area contributed by atoms with Crippen molar-refractivity contribution < 1.29 is 4.79 Å². The average Bonchev–Trinajstić information content (AvgIpc) is 2.56. The third-order valence-corrected chi connectivity index (χ3v) is 3.56. The molecule has 3 rings (SSSR count). The van der Waals surface area contributed by atoms with E-state index in [1.165, 1.54) is 18.3 Å². The van der Waals surface area contributed by atoms with Crippen LogP contribution in [0.2, 0.25) is 0 Å². The van der Waals surface area contributed by atoms with Gasteiger partial charge in [0.15, 0.2) is 0 Å². The summed E-state index contributed by atoms with van der Waals surface area (Å²) < 4.78 is 0. The molecule has 0 saturated carbocycles. The zero-order valence-electron chi connectivity index (χ0n) is 12.3. The summed E-state index contributed by atoms with van der Waals surface area (Å²) in [5.41, 5.74) is 1.37. The zero-order valence-corrected chi connectivity index (χ0v) is 12.3. The molecule has 0 aliphatic heterocycles. The summed E-state index contributed by atoms with van der Waals surface area (Å²) in [6.45, 7) is 0.333. The van der Waals surface area contributed by atoms with Gasteiger partial charge >= 0.3 is 0 Å². The fourth-order valence-electron chi connectivity index (χ4n) is 2.34. The molecule has 0 unspecified atom stereocenters. The summed E-state index contributed by atoms with van der Waals surface area (Å²) >= 11 is 0. The lowest BCUT2D eigenvalue weighted by atomic mass is 10.1. The monoisotopic (exact) mass is 309 g/mol. The topological polar surface area (TPSA) is 94.8 Å². The highest BCUT2D eigenvalue weighted by Gasteiger charge is 2.06. The molecule has 0 aliphatic rings. The lowest BCUT2D eigenvalue weighted by molar-refractivity contribution is 0.0953. The van der Waals surface area contributed by atoms with Gasteiger partial charge in [0.05, 0.1) is 5.56 Å². The SMILES string of the molecule is O=C(NCCc1cc2ccccc2[nH]c1=O)c1ccc(=O)[nH]c1. The Morgan fingerprint density at radius 2 is 1.91 bits per heavy atom. The van der Waals surface area contributed by atoms with Gasteiger partial charge in [0.2, 0.25) is 5.56 Å². The van der Waals surface area contributed by atoms with Crippen molar-refractivity contribution in [2.45, 2.75) is 6.42 Å². The Hall–Kier alpha value is -3.15. The molecule has 0 saturated heterocycles. The third kappa shape index (κ3) is 3.37. The minimum atomic E-state index is -0.293. The summed E-state index contributed by atoms with van der Waals surface area (Å²) in [5.74, 6) is -0.293. The number of benzene rings is 1. The first-order valence-electron chi connectivity index (χ1n) is 7.21. The van der Waals surface area contributed by atoms with Crippen molar-refractivity contribution in [3.8, 4) is 0 Å². The lowest BCUT2D eigenvalue weighted by Crippen LogP contribution is -2.28. The highest BCUT2D eigenvalue weighted by Crippen LogP contribution is 2.10. The Bertz CT molecular complexity index is 952. The number of rotatable bonds is 4. The molecule has 6 heteroatoms. The molecule has 0 spiro atoms. The molecule has 0 radical (unpaired) electrons. The molecule has 1 amide bonds. The standard InChI is InChI=1S/C17H15N3O3/c21-15-6-5-13(10-19-15)16(22)18-8-7-12-9-11-3-1-2-4-14(11)20-17(12)23/h1-6,9-10H,7-8H2,(H,18,22)(H,19,21)(H,20,23). The molecule has 0 fully saturated rings. The van der Waals surface area contributed by atoms with Crippen LogP contribution in [0.1, 0.15) is 15.9 Å². The third-order valence-electron chi connectivity index (χ3n) is 3.56. The zero-order chi connectivity index (χ0) is 16.2. The van der Waals surface area contributed by atoms with E-state index in [1.807, 2.05) is 30.3 Å². The van der Waals surface area contributed by atoms with E-state index >= 15 is 0 Å². The Kier molecular flexibility index (Phi) is 4.05. The van der Waals surface area contributed by atoms with Gasteiger partial charge in [-0.1, -0.05) is 18.2 Å². The molecule has 2 aromatic heterocycles. The van der Waals surface area contributed by atoms with Gasteiger partial charge in [0, 0.05) is 29.9 Å². The van der Waals surface area contributed by atoms with Crippen LogP contribution in [0.4, 0.5) is 0 Å². The van der Waals surface area contributed by atoms with E-state index in [4.69, 9.17) is 0 Å². The predicted molar refractivity (Wildman–Crippen MR) is 87.7 cm³/mol. The van der Waals surface area contributed by atoms with E-state index in [9.17, 15) is 14.4 Å². The number of H-pyrrole nitrogens is 2. The lowest BCUT2D eigenvalue weighted by Gasteiger charge is -2.06. The maximum absolute atomic E-state index is 12.0. The molecule has 116 valence electrons. The van der Waals surface area contributed by atoms with Gasteiger partial charge in [-0.2, -0.15) is 0 Å². The minimum Gasteiger partial charge on any atom is -0.352 e. The second-order valence-corrected chi connectivity index (χ2v) is 5.16. The Balaban J connectivity index is 1.67. The molecule has 2 heterocycles. The van der Waals surface area contributed by atoms with Crippen molar-refractivity contribution in [3.63, 3.8) is 0 Å². The number of fused-ring (bicyclic) bond motifs is 1. The smallest absolute Gasteiger partial charge is 0.252 e. The van der Waals surface area contributed by atoms with Gasteiger partial charge in [0.25, 0.3) is 11.5 Å². The van der Waals surface area contributed by atoms with Crippen molar-refractivity contribution in [2.24, 2.45) is 0 Å². The summed E-state index contributed by atoms with van der Waals surface area (Å²) in [6, 6.07) is 12.1. The van der Waals surface area contributed by atoms with Crippen LogP contribution in [-0.2, 0) is 6.42 Å². The summed E-state index contributed by atoms with van der Waals surface area (Å²) in [6.07, 6.45) is 1.79. The Morgan fingerprint density at radius 3 is 2.70 bits per heavy atom. The van der Waals surface area contributed by atoms with Crippen LogP contribution < -0.4 is 16.4 Å². The molecule has 23 heavy (non-hydrogen) atoms. The molecular formula is C17H15N3O3. The first-order chi connectivity index (χ1) is 11.1. The molecule has 3 N–H and O–H groups in total. The van der Waals surface area contributed by atoms with Crippen molar-refractivity contribution in [1.29, 1.82) is 0 Å². The predicted octanol–water partition coefficient (Wildman–Crippen LogP) is 1.19. The van der Waals surface area contributed by atoms with E-state index in [1.54, 1.807) is 0 Å². The fourth-order valence-corrected chi connectivity index (χ4v) is 2.34. The second kappa shape index (κ2) is 6.31.